The van der Waals surface area contributed by atoms with E-state index >= 15 is 0 Å². The fourth-order valence-electron chi connectivity index (χ4n) is 11.1. The summed E-state index contributed by atoms with van der Waals surface area (Å²) in [6.45, 7) is 0. The predicted octanol–water partition coefficient (Wildman–Crippen LogP) is 15.9. The Morgan fingerprint density at radius 1 is 0.317 bits per heavy atom. The second-order valence-corrected chi connectivity index (χ2v) is 17.2. The molecular formula is C61H41NO. The van der Waals surface area contributed by atoms with Crippen LogP contribution in [-0.2, 0) is 18.3 Å². The van der Waals surface area contributed by atoms with E-state index in [0.29, 0.717) is 0 Å². The smallest absolute Gasteiger partial charge is 0.140 e. The van der Waals surface area contributed by atoms with Crippen LogP contribution in [0.1, 0.15) is 22.3 Å². The molecule has 1 aliphatic heterocycles. The van der Waals surface area contributed by atoms with Gasteiger partial charge in [-0.15, -0.1) is 0 Å². The zero-order chi connectivity index (χ0) is 41.5. The van der Waals surface area contributed by atoms with Crippen molar-refractivity contribution in [1.29, 1.82) is 0 Å². The summed E-state index contributed by atoms with van der Waals surface area (Å²) in [6.07, 6.45) is 1.57. The second-order valence-electron chi connectivity index (χ2n) is 17.2. The van der Waals surface area contributed by atoms with Gasteiger partial charge >= 0.3 is 0 Å². The maximum Gasteiger partial charge on any atom is 0.140 e. The molecule has 1 aromatic heterocycles. The van der Waals surface area contributed by atoms with Gasteiger partial charge < -0.3 is 9.30 Å². The van der Waals surface area contributed by atoms with E-state index in [1.165, 1.54) is 87.5 Å². The van der Waals surface area contributed by atoms with Crippen molar-refractivity contribution in [2.45, 2.75) is 18.3 Å². The largest absolute Gasteiger partial charge is 0.455 e. The lowest BCUT2D eigenvalue weighted by molar-refractivity contribution is 0.399. The maximum absolute atomic E-state index is 7.52. The van der Waals surface area contributed by atoms with E-state index in [2.05, 4.69) is 229 Å². The van der Waals surface area contributed by atoms with Gasteiger partial charge in [-0.1, -0.05) is 200 Å². The van der Waals surface area contributed by atoms with E-state index in [0.717, 1.165) is 40.8 Å². The maximum atomic E-state index is 7.52. The van der Waals surface area contributed by atoms with Crippen molar-refractivity contribution >= 4 is 64.9 Å². The van der Waals surface area contributed by atoms with E-state index < -0.39 is 5.41 Å². The van der Waals surface area contributed by atoms with Crippen LogP contribution < -0.4 is 4.74 Å². The summed E-state index contributed by atoms with van der Waals surface area (Å²) in [4.78, 5) is 0. The minimum atomic E-state index is -0.519. The molecule has 0 fully saturated rings. The highest BCUT2D eigenvalue weighted by Crippen LogP contribution is 2.60. The number of para-hydroxylation sites is 2. The summed E-state index contributed by atoms with van der Waals surface area (Å²) < 4.78 is 9.93. The lowest BCUT2D eigenvalue weighted by Gasteiger charge is -2.43. The normalized spacial score (nSPS) is 13.1. The molecule has 63 heavy (non-hydrogen) atoms. The molecule has 0 saturated heterocycles. The van der Waals surface area contributed by atoms with Gasteiger partial charge in [0.2, 0.25) is 0 Å². The van der Waals surface area contributed by atoms with Gasteiger partial charge in [0.25, 0.3) is 0 Å². The van der Waals surface area contributed by atoms with Crippen molar-refractivity contribution in [3.8, 4) is 28.3 Å². The topological polar surface area (TPSA) is 14.2 Å². The Kier molecular flexibility index (Phi) is 7.98. The molecule has 0 unspecified atom stereocenters. The first-order chi connectivity index (χ1) is 31.2. The van der Waals surface area contributed by atoms with Crippen LogP contribution in [0.25, 0.3) is 81.7 Å². The van der Waals surface area contributed by atoms with Crippen molar-refractivity contribution in [3.05, 3.63) is 247 Å². The fourth-order valence-corrected chi connectivity index (χ4v) is 11.1. The number of rotatable bonds is 6. The molecule has 2 heteroatoms. The first-order valence-electron chi connectivity index (χ1n) is 22.0. The number of benzene rings is 11. The second kappa shape index (κ2) is 14.1. The van der Waals surface area contributed by atoms with Crippen LogP contribution in [0.4, 0.5) is 0 Å². The Balaban J connectivity index is 1.06. The monoisotopic (exact) mass is 803 g/mol. The van der Waals surface area contributed by atoms with Gasteiger partial charge in [0.05, 0.1) is 11.0 Å². The summed E-state index contributed by atoms with van der Waals surface area (Å²) in [5.41, 5.74) is 10.6. The summed E-state index contributed by atoms with van der Waals surface area (Å²) in [5.74, 6) is 1.93. The third kappa shape index (κ3) is 5.44. The number of hydrogen-bond acceptors (Lipinski definition) is 1. The van der Waals surface area contributed by atoms with Crippen molar-refractivity contribution < 1.29 is 4.74 Å². The molecular weight excluding hydrogens is 763 g/mol. The third-order valence-electron chi connectivity index (χ3n) is 13.8. The molecule has 1 aliphatic rings. The zero-order valence-electron chi connectivity index (χ0n) is 34.6. The van der Waals surface area contributed by atoms with Gasteiger partial charge in [-0.05, 0) is 91.7 Å². The average molecular weight is 804 g/mol. The number of hydrogen-bond donors (Lipinski definition) is 0. The minimum Gasteiger partial charge on any atom is -0.455 e. The fraction of sp³-hybridized carbons (Fsp3) is 0.0492. The Labute approximate surface area is 365 Å². The molecule has 2 heterocycles. The van der Waals surface area contributed by atoms with Crippen LogP contribution in [0.2, 0.25) is 0 Å². The van der Waals surface area contributed by atoms with E-state index in [-0.39, 0.29) is 0 Å². The molecule has 296 valence electrons. The van der Waals surface area contributed by atoms with Crippen LogP contribution in [0.15, 0.2) is 224 Å². The van der Waals surface area contributed by atoms with Crippen molar-refractivity contribution in [2.75, 3.05) is 0 Å². The SMILES string of the molecule is c1ccc(CC2(Cc3ccc(-c4ccc5c6ccccc6n(-c6ccccc6)c5c4)cc3)c3c(c4ccccc4c4ccccc34)Oc3c2c2ccccc2c2ccccc32)cc1. The van der Waals surface area contributed by atoms with Crippen LogP contribution >= 0.6 is 0 Å². The third-order valence-corrected chi connectivity index (χ3v) is 13.8. The van der Waals surface area contributed by atoms with Crippen LogP contribution in [0.3, 0.4) is 0 Å². The van der Waals surface area contributed by atoms with Gasteiger partial charge in [0.15, 0.2) is 0 Å². The van der Waals surface area contributed by atoms with Gasteiger partial charge in [0, 0.05) is 43.8 Å². The van der Waals surface area contributed by atoms with Crippen molar-refractivity contribution in [1.82, 2.24) is 4.57 Å². The van der Waals surface area contributed by atoms with Crippen molar-refractivity contribution in [3.63, 3.8) is 0 Å². The molecule has 0 spiro atoms. The Bertz CT molecular complexity index is 3630. The Hall–Kier alpha value is -7.94. The summed E-state index contributed by atoms with van der Waals surface area (Å²) in [5, 5.41) is 12.2. The van der Waals surface area contributed by atoms with Gasteiger partial charge in [-0.2, -0.15) is 0 Å². The van der Waals surface area contributed by atoms with Gasteiger partial charge in [-0.3, -0.25) is 0 Å². The number of aromatic nitrogens is 1. The minimum absolute atomic E-state index is 0.519. The molecule has 0 saturated carbocycles. The van der Waals surface area contributed by atoms with Crippen LogP contribution in [-0.4, -0.2) is 4.57 Å². The lowest BCUT2D eigenvalue weighted by atomic mass is 9.62. The number of fused-ring (bicyclic) bond motifs is 15. The summed E-state index contributed by atoms with van der Waals surface area (Å²) >= 11 is 0. The molecule has 0 atom stereocenters. The zero-order valence-corrected chi connectivity index (χ0v) is 34.6. The first-order valence-corrected chi connectivity index (χ1v) is 22.0. The highest BCUT2D eigenvalue weighted by atomic mass is 16.5. The molecule has 0 radical (unpaired) electrons. The molecule has 0 N–H and O–H groups in total. The molecule has 0 aliphatic carbocycles. The summed E-state index contributed by atoms with van der Waals surface area (Å²) in [7, 11) is 0. The highest BCUT2D eigenvalue weighted by Gasteiger charge is 2.46. The van der Waals surface area contributed by atoms with Crippen LogP contribution in [0, 0.1) is 0 Å². The van der Waals surface area contributed by atoms with Crippen LogP contribution in [0.5, 0.6) is 11.5 Å². The quantitative estimate of drug-likeness (QED) is 0.153. The first kappa shape index (κ1) is 35.8. The Morgan fingerprint density at radius 3 is 1.30 bits per heavy atom. The number of nitrogens with zero attached hydrogens (tertiary/aromatic N) is 1. The predicted molar refractivity (Wildman–Crippen MR) is 264 cm³/mol. The number of ether oxygens (including phenoxy) is 1. The van der Waals surface area contributed by atoms with Crippen molar-refractivity contribution in [2.24, 2.45) is 0 Å². The lowest BCUT2D eigenvalue weighted by Crippen LogP contribution is -2.37. The molecule has 0 amide bonds. The standard InChI is InChI=1S/C61H41NO/c1-3-17-40(18-4-1)38-61(39-41-31-33-42(34-32-41)43-35-36-50-49-25-15-16-30-55(49)62(56(50)37-43)44-19-5-2-6-20-44)57-51-26-11-7-21-45(51)47-23-9-13-28-53(47)59(57)63-60-54-29-14-10-24-48(54)46-22-8-12-27-52(46)58(60)61/h1-37H,38-39H2. The summed E-state index contributed by atoms with van der Waals surface area (Å²) in [6, 6.07) is 82.6. The average Bonchev–Trinajstić information content (AvgIpc) is 3.68. The Morgan fingerprint density at radius 2 is 0.730 bits per heavy atom. The molecule has 0 bridgehead atoms. The van der Waals surface area contributed by atoms with Gasteiger partial charge in [-0.25, -0.2) is 0 Å². The molecule has 11 aromatic carbocycles. The molecule has 13 rings (SSSR count). The van der Waals surface area contributed by atoms with E-state index in [1.807, 2.05) is 0 Å². The van der Waals surface area contributed by atoms with E-state index in [4.69, 9.17) is 4.74 Å². The molecule has 12 aromatic rings. The highest BCUT2D eigenvalue weighted by molar-refractivity contribution is 6.17. The van der Waals surface area contributed by atoms with E-state index in [1.54, 1.807) is 0 Å². The van der Waals surface area contributed by atoms with Gasteiger partial charge in [0.1, 0.15) is 11.5 Å². The van der Waals surface area contributed by atoms with E-state index in [9.17, 15) is 0 Å². The molecule has 2 nitrogen and oxygen atoms in total.